The molecule has 0 spiro atoms. The number of ether oxygens (including phenoxy) is 3. The highest BCUT2D eigenvalue weighted by Crippen LogP contribution is 2.38. The molecule has 1 atom stereocenters. The zero-order valence-corrected chi connectivity index (χ0v) is 14.4. The Morgan fingerprint density at radius 1 is 1.20 bits per heavy atom. The molecule has 1 unspecified atom stereocenters. The molecule has 9 nitrogen and oxygen atoms in total. The maximum atomic E-state index is 12.4. The normalized spacial score (nSPS) is 18.5. The summed E-state index contributed by atoms with van der Waals surface area (Å²) in [6.07, 6.45) is 2.54. The Morgan fingerprint density at radius 3 is 2.36 bits per heavy atom. The number of carbonyl (C=O) groups is 1. The molecule has 25 heavy (non-hydrogen) atoms. The highest BCUT2D eigenvalue weighted by Gasteiger charge is 2.30. The van der Waals surface area contributed by atoms with Crippen molar-refractivity contribution in [1.82, 2.24) is 5.43 Å². The standard InChI is InChI=1S/C16H21N3O6/c1-23-13-8-10(9-14(24-2)15(13)25-3)16(20)18-17-11-6-4-5-7-12(11)19(21)22/h8-9,12H,4-7H2,1-3H3,(H,18,20). The lowest BCUT2D eigenvalue weighted by Gasteiger charge is -2.17. The van der Waals surface area contributed by atoms with Crippen LogP contribution in [0.25, 0.3) is 0 Å². The van der Waals surface area contributed by atoms with Gasteiger partial charge in [0.1, 0.15) is 5.71 Å². The molecule has 1 aliphatic rings. The quantitative estimate of drug-likeness (QED) is 0.620. The number of amides is 1. The van der Waals surface area contributed by atoms with Crippen LogP contribution < -0.4 is 19.6 Å². The number of rotatable bonds is 6. The van der Waals surface area contributed by atoms with Gasteiger partial charge in [0.2, 0.25) is 5.75 Å². The van der Waals surface area contributed by atoms with Crippen molar-refractivity contribution >= 4 is 11.6 Å². The van der Waals surface area contributed by atoms with Crippen LogP contribution in [0.2, 0.25) is 0 Å². The lowest BCUT2D eigenvalue weighted by molar-refractivity contribution is -0.504. The van der Waals surface area contributed by atoms with Gasteiger partial charge in [0.05, 0.1) is 21.3 Å². The Morgan fingerprint density at radius 2 is 1.84 bits per heavy atom. The van der Waals surface area contributed by atoms with Crippen molar-refractivity contribution in [3.63, 3.8) is 0 Å². The minimum atomic E-state index is -0.839. The van der Waals surface area contributed by atoms with E-state index in [9.17, 15) is 14.9 Å². The first-order valence-corrected chi connectivity index (χ1v) is 7.82. The SMILES string of the molecule is COc1cc(C(=O)NN=C2CCCCC2[N+](=O)[O-])cc(OC)c1OC. The molecule has 0 saturated heterocycles. The van der Waals surface area contributed by atoms with E-state index in [2.05, 4.69) is 10.5 Å². The van der Waals surface area contributed by atoms with Crippen LogP contribution in [0, 0.1) is 10.1 Å². The van der Waals surface area contributed by atoms with Crippen molar-refractivity contribution in [3.05, 3.63) is 27.8 Å². The summed E-state index contributed by atoms with van der Waals surface area (Å²) in [5.74, 6) is 0.522. The Bertz CT molecular complexity index is 663. The molecule has 0 radical (unpaired) electrons. The molecule has 9 heteroatoms. The summed E-state index contributed by atoms with van der Waals surface area (Å²) in [5.41, 5.74) is 3.02. The second-order valence-electron chi connectivity index (χ2n) is 5.51. The Kier molecular flexibility index (Phi) is 6.15. The number of nitrogens with one attached hydrogen (secondary N) is 1. The smallest absolute Gasteiger partial charge is 0.271 e. The summed E-state index contributed by atoms with van der Waals surface area (Å²) in [6, 6.07) is 2.14. The Hall–Kier alpha value is -2.84. The van der Waals surface area contributed by atoms with Gasteiger partial charge in [-0.25, -0.2) is 5.43 Å². The highest BCUT2D eigenvalue weighted by molar-refractivity contribution is 5.97. The van der Waals surface area contributed by atoms with Gasteiger partial charge in [-0.05, 0) is 31.4 Å². The molecule has 1 N–H and O–H groups in total. The second-order valence-corrected chi connectivity index (χ2v) is 5.51. The first-order valence-electron chi connectivity index (χ1n) is 7.82. The Balaban J connectivity index is 2.23. The monoisotopic (exact) mass is 351 g/mol. The largest absolute Gasteiger partial charge is 0.493 e. The molecule has 1 fully saturated rings. The van der Waals surface area contributed by atoms with Crippen molar-refractivity contribution in [1.29, 1.82) is 0 Å². The number of hydrogen-bond acceptors (Lipinski definition) is 7. The molecular weight excluding hydrogens is 330 g/mol. The molecule has 0 bridgehead atoms. The van der Waals surface area contributed by atoms with Gasteiger partial charge in [-0.2, -0.15) is 5.10 Å². The minimum Gasteiger partial charge on any atom is -0.493 e. The first-order chi connectivity index (χ1) is 12.0. The van der Waals surface area contributed by atoms with Crippen LogP contribution in [-0.4, -0.2) is 43.9 Å². The third-order valence-corrected chi connectivity index (χ3v) is 4.03. The zero-order valence-electron chi connectivity index (χ0n) is 14.4. The van der Waals surface area contributed by atoms with Crippen LogP contribution in [0.15, 0.2) is 17.2 Å². The molecule has 0 aromatic heterocycles. The fourth-order valence-electron chi connectivity index (χ4n) is 2.73. The van der Waals surface area contributed by atoms with E-state index in [1.807, 2.05) is 0 Å². The topological polar surface area (TPSA) is 112 Å². The highest BCUT2D eigenvalue weighted by atomic mass is 16.6. The molecule has 1 aromatic carbocycles. The van der Waals surface area contributed by atoms with Crippen LogP contribution in [0.1, 0.15) is 36.0 Å². The van der Waals surface area contributed by atoms with Crippen molar-refractivity contribution in [2.75, 3.05) is 21.3 Å². The number of hydrogen-bond donors (Lipinski definition) is 1. The number of hydrazone groups is 1. The summed E-state index contributed by atoms with van der Waals surface area (Å²) >= 11 is 0. The molecule has 1 amide bonds. The molecule has 1 aliphatic carbocycles. The summed E-state index contributed by atoms with van der Waals surface area (Å²) in [5, 5.41) is 15.1. The molecule has 2 rings (SSSR count). The van der Waals surface area contributed by atoms with Crippen LogP contribution in [0.5, 0.6) is 17.2 Å². The van der Waals surface area contributed by atoms with Crippen molar-refractivity contribution in [2.24, 2.45) is 5.10 Å². The van der Waals surface area contributed by atoms with Crippen molar-refractivity contribution in [3.8, 4) is 17.2 Å². The third kappa shape index (κ3) is 4.17. The van der Waals surface area contributed by atoms with Crippen LogP contribution in [-0.2, 0) is 0 Å². The number of nitrogens with zero attached hydrogens (tertiary/aromatic N) is 2. The molecule has 136 valence electrons. The van der Waals surface area contributed by atoms with Crippen LogP contribution in [0.4, 0.5) is 0 Å². The van der Waals surface area contributed by atoms with Gasteiger partial charge in [-0.15, -0.1) is 0 Å². The van der Waals surface area contributed by atoms with E-state index in [1.165, 1.54) is 33.5 Å². The van der Waals surface area contributed by atoms with E-state index < -0.39 is 11.9 Å². The average molecular weight is 351 g/mol. The van der Waals surface area contributed by atoms with Crippen LogP contribution in [0.3, 0.4) is 0 Å². The maximum absolute atomic E-state index is 12.4. The van der Waals surface area contributed by atoms with Gasteiger partial charge in [-0.1, -0.05) is 0 Å². The summed E-state index contributed by atoms with van der Waals surface area (Å²) in [7, 11) is 4.36. The molecular formula is C16H21N3O6. The number of nitro groups is 1. The van der Waals surface area contributed by atoms with E-state index in [4.69, 9.17) is 14.2 Å². The molecule has 0 heterocycles. The van der Waals surface area contributed by atoms with Gasteiger partial charge >= 0.3 is 0 Å². The second kappa shape index (κ2) is 8.32. The number of carbonyl (C=O) groups excluding carboxylic acids is 1. The van der Waals surface area contributed by atoms with Gasteiger partial charge < -0.3 is 14.2 Å². The van der Waals surface area contributed by atoms with E-state index in [0.29, 0.717) is 35.8 Å². The predicted octanol–water partition coefficient (Wildman–Crippen LogP) is 2.02. The van der Waals surface area contributed by atoms with Gasteiger partial charge in [0, 0.05) is 16.9 Å². The van der Waals surface area contributed by atoms with E-state index in [-0.39, 0.29) is 10.5 Å². The van der Waals surface area contributed by atoms with Crippen molar-refractivity contribution in [2.45, 2.75) is 31.7 Å². The van der Waals surface area contributed by atoms with Gasteiger partial charge in [0.15, 0.2) is 11.5 Å². The van der Waals surface area contributed by atoms with Crippen molar-refractivity contribution < 1.29 is 23.9 Å². The fourth-order valence-corrected chi connectivity index (χ4v) is 2.73. The summed E-state index contributed by atoms with van der Waals surface area (Å²) in [6.45, 7) is 0. The zero-order chi connectivity index (χ0) is 18.4. The first kappa shape index (κ1) is 18.5. The number of methoxy groups -OCH3 is 3. The summed E-state index contributed by atoms with van der Waals surface area (Å²) < 4.78 is 15.6. The van der Waals surface area contributed by atoms with E-state index >= 15 is 0 Å². The van der Waals surface area contributed by atoms with E-state index in [1.54, 1.807) is 0 Å². The van der Waals surface area contributed by atoms with Crippen LogP contribution >= 0.6 is 0 Å². The third-order valence-electron chi connectivity index (χ3n) is 4.03. The molecule has 1 saturated carbocycles. The van der Waals surface area contributed by atoms with Gasteiger partial charge in [0.25, 0.3) is 11.9 Å². The summed E-state index contributed by atoms with van der Waals surface area (Å²) in [4.78, 5) is 23.1. The molecule has 1 aromatic rings. The molecule has 0 aliphatic heterocycles. The number of benzene rings is 1. The van der Waals surface area contributed by atoms with E-state index in [0.717, 1.165) is 12.8 Å². The Labute approximate surface area is 145 Å². The average Bonchev–Trinajstić information content (AvgIpc) is 2.64. The van der Waals surface area contributed by atoms with Gasteiger partial charge in [-0.3, -0.25) is 14.9 Å². The predicted molar refractivity (Wildman–Crippen MR) is 90.2 cm³/mol. The lowest BCUT2D eigenvalue weighted by Crippen LogP contribution is -2.34. The lowest BCUT2D eigenvalue weighted by atomic mass is 9.94. The maximum Gasteiger partial charge on any atom is 0.271 e. The minimum absolute atomic E-state index is 0.243. The fraction of sp³-hybridized carbons (Fsp3) is 0.500.